The van der Waals surface area contributed by atoms with Crippen molar-refractivity contribution < 1.29 is 4.74 Å². The van der Waals surface area contributed by atoms with Gasteiger partial charge in [-0.25, -0.2) is 9.67 Å². The molecule has 2 heterocycles. The Hall–Kier alpha value is -1.79. The average molecular weight is 302 g/mol. The summed E-state index contributed by atoms with van der Waals surface area (Å²) in [5, 5.41) is 4.11. The van der Waals surface area contributed by atoms with Crippen LogP contribution >= 0.6 is 12.2 Å². The third kappa shape index (κ3) is 3.86. The topological polar surface area (TPSA) is 43.2 Å². The number of ether oxygens (including phenoxy) is 1. The van der Waals surface area contributed by atoms with Gasteiger partial charge in [-0.2, -0.15) is 5.10 Å². The summed E-state index contributed by atoms with van der Waals surface area (Å²) in [6, 6.07) is 8.52. The molecule has 21 heavy (non-hydrogen) atoms. The number of thiocarbonyl (C=S) groups is 1. The van der Waals surface area contributed by atoms with Crippen LogP contribution < -0.4 is 0 Å². The van der Waals surface area contributed by atoms with Crippen molar-refractivity contribution >= 4 is 17.2 Å². The smallest absolute Gasteiger partial charge is 0.137 e. The van der Waals surface area contributed by atoms with E-state index in [1.54, 1.807) is 12.7 Å². The van der Waals surface area contributed by atoms with Gasteiger partial charge < -0.3 is 9.64 Å². The normalized spacial score (nSPS) is 15.1. The Morgan fingerprint density at radius 3 is 2.52 bits per heavy atom. The highest BCUT2D eigenvalue weighted by atomic mass is 32.1. The van der Waals surface area contributed by atoms with Crippen LogP contribution in [0.15, 0.2) is 36.9 Å². The molecular weight excluding hydrogens is 284 g/mol. The lowest BCUT2D eigenvalue weighted by atomic mass is 10.1. The van der Waals surface area contributed by atoms with Crippen LogP contribution in [0.1, 0.15) is 11.1 Å². The van der Waals surface area contributed by atoms with Crippen LogP contribution in [0.2, 0.25) is 0 Å². The zero-order valence-electron chi connectivity index (χ0n) is 11.8. The summed E-state index contributed by atoms with van der Waals surface area (Å²) < 4.78 is 7.16. The highest BCUT2D eigenvalue weighted by Crippen LogP contribution is 2.10. The first-order valence-corrected chi connectivity index (χ1v) is 7.48. The van der Waals surface area contributed by atoms with Crippen LogP contribution in [0.25, 0.3) is 0 Å². The van der Waals surface area contributed by atoms with Gasteiger partial charge in [0.25, 0.3) is 0 Å². The fraction of sp³-hybridized carbons (Fsp3) is 0.400. The lowest BCUT2D eigenvalue weighted by molar-refractivity contribution is 0.0685. The Kier molecular flexibility index (Phi) is 4.57. The quantitative estimate of drug-likeness (QED) is 0.801. The fourth-order valence-electron chi connectivity index (χ4n) is 2.36. The molecular formula is C15H18N4OS. The van der Waals surface area contributed by atoms with E-state index in [1.807, 2.05) is 4.68 Å². The molecule has 0 atom stereocenters. The van der Waals surface area contributed by atoms with Gasteiger partial charge in [-0.3, -0.25) is 0 Å². The number of hydrogen-bond acceptors (Lipinski definition) is 4. The molecule has 110 valence electrons. The molecule has 0 aliphatic carbocycles. The maximum Gasteiger partial charge on any atom is 0.137 e. The van der Waals surface area contributed by atoms with Gasteiger partial charge in [0.1, 0.15) is 12.7 Å². The Morgan fingerprint density at radius 2 is 1.86 bits per heavy atom. The van der Waals surface area contributed by atoms with Crippen molar-refractivity contribution in [3.63, 3.8) is 0 Å². The first-order valence-electron chi connectivity index (χ1n) is 7.07. The highest BCUT2D eigenvalue weighted by molar-refractivity contribution is 7.80. The SMILES string of the molecule is S=C(Cc1ccc(Cn2cncn2)cc1)N1CCOCC1. The first-order chi connectivity index (χ1) is 10.3. The molecule has 0 saturated carbocycles. The van der Waals surface area contributed by atoms with Crippen LogP contribution in [-0.4, -0.2) is 51.0 Å². The number of rotatable bonds is 4. The van der Waals surface area contributed by atoms with E-state index in [-0.39, 0.29) is 0 Å². The third-order valence-corrected chi connectivity index (χ3v) is 3.96. The Morgan fingerprint density at radius 1 is 1.14 bits per heavy atom. The van der Waals surface area contributed by atoms with E-state index in [9.17, 15) is 0 Å². The third-order valence-electron chi connectivity index (χ3n) is 3.55. The number of hydrogen-bond donors (Lipinski definition) is 0. The molecule has 0 unspecified atom stereocenters. The van der Waals surface area contributed by atoms with E-state index in [0.717, 1.165) is 44.3 Å². The van der Waals surface area contributed by atoms with Gasteiger partial charge in [-0.15, -0.1) is 0 Å². The van der Waals surface area contributed by atoms with E-state index < -0.39 is 0 Å². The van der Waals surface area contributed by atoms with E-state index in [1.165, 1.54) is 11.1 Å². The van der Waals surface area contributed by atoms with Gasteiger partial charge in [0.05, 0.1) is 24.7 Å². The van der Waals surface area contributed by atoms with Gasteiger partial charge in [0, 0.05) is 19.5 Å². The summed E-state index contributed by atoms with van der Waals surface area (Å²) in [7, 11) is 0. The van der Waals surface area contributed by atoms with Gasteiger partial charge in [-0.05, 0) is 11.1 Å². The van der Waals surface area contributed by atoms with E-state index in [0.29, 0.717) is 0 Å². The molecule has 1 aromatic carbocycles. The van der Waals surface area contributed by atoms with Crippen LogP contribution in [0.3, 0.4) is 0 Å². The molecule has 1 saturated heterocycles. The summed E-state index contributed by atoms with van der Waals surface area (Å²) in [4.78, 5) is 7.19. The van der Waals surface area contributed by atoms with Crippen molar-refractivity contribution in [3.05, 3.63) is 48.0 Å². The van der Waals surface area contributed by atoms with Crippen molar-refractivity contribution in [3.8, 4) is 0 Å². The monoisotopic (exact) mass is 302 g/mol. The van der Waals surface area contributed by atoms with E-state index in [2.05, 4.69) is 39.2 Å². The summed E-state index contributed by atoms with van der Waals surface area (Å²) >= 11 is 5.53. The lowest BCUT2D eigenvalue weighted by Crippen LogP contribution is -2.40. The lowest BCUT2D eigenvalue weighted by Gasteiger charge is -2.29. The molecule has 1 fully saturated rings. The molecule has 1 aromatic heterocycles. The van der Waals surface area contributed by atoms with Crippen molar-refractivity contribution in [1.82, 2.24) is 19.7 Å². The first kappa shape index (κ1) is 14.2. The van der Waals surface area contributed by atoms with Crippen molar-refractivity contribution in [2.24, 2.45) is 0 Å². The Bertz CT molecular complexity index is 576. The van der Waals surface area contributed by atoms with Gasteiger partial charge >= 0.3 is 0 Å². The van der Waals surface area contributed by atoms with E-state index >= 15 is 0 Å². The highest BCUT2D eigenvalue weighted by Gasteiger charge is 2.13. The zero-order valence-corrected chi connectivity index (χ0v) is 12.6. The summed E-state index contributed by atoms with van der Waals surface area (Å²) in [5.41, 5.74) is 2.45. The zero-order chi connectivity index (χ0) is 14.5. The predicted molar refractivity (Wildman–Crippen MR) is 84.3 cm³/mol. The summed E-state index contributed by atoms with van der Waals surface area (Å²) in [6.45, 7) is 4.11. The van der Waals surface area contributed by atoms with Crippen molar-refractivity contribution in [2.75, 3.05) is 26.3 Å². The number of aromatic nitrogens is 3. The maximum atomic E-state index is 5.53. The molecule has 0 amide bonds. The second kappa shape index (κ2) is 6.78. The number of morpholine rings is 1. The second-order valence-corrected chi connectivity index (χ2v) is 5.55. The summed E-state index contributed by atoms with van der Waals surface area (Å²) in [5.74, 6) is 0. The molecule has 0 N–H and O–H groups in total. The van der Waals surface area contributed by atoms with Gasteiger partial charge in [0.15, 0.2) is 0 Å². The molecule has 0 bridgehead atoms. The molecule has 2 aromatic rings. The summed E-state index contributed by atoms with van der Waals surface area (Å²) in [6.07, 6.45) is 4.09. The molecule has 6 heteroatoms. The van der Waals surface area contributed by atoms with Crippen LogP contribution in [0, 0.1) is 0 Å². The molecule has 3 rings (SSSR count). The second-order valence-electron chi connectivity index (χ2n) is 5.08. The van der Waals surface area contributed by atoms with Gasteiger partial charge in [-0.1, -0.05) is 36.5 Å². The fourth-order valence-corrected chi connectivity index (χ4v) is 2.71. The van der Waals surface area contributed by atoms with Crippen LogP contribution in [-0.2, 0) is 17.7 Å². The van der Waals surface area contributed by atoms with E-state index in [4.69, 9.17) is 17.0 Å². The molecule has 1 aliphatic rings. The minimum absolute atomic E-state index is 0.744. The van der Waals surface area contributed by atoms with Gasteiger partial charge in [0.2, 0.25) is 0 Å². The van der Waals surface area contributed by atoms with Crippen LogP contribution in [0.4, 0.5) is 0 Å². The molecule has 0 radical (unpaired) electrons. The Labute approximate surface area is 129 Å². The van der Waals surface area contributed by atoms with Crippen molar-refractivity contribution in [2.45, 2.75) is 13.0 Å². The maximum absolute atomic E-state index is 5.53. The Balaban J connectivity index is 1.57. The number of nitrogens with zero attached hydrogens (tertiary/aromatic N) is 4. The molecule has 1 aliphatic heterocycles. The minimum atomic E-state index is 0.744. The largest absolute Gasteiger partial charge is 0.378 e. The minimum Gasteiger partial charge on any atom is -0.378 e. The standard InChI is InChI=1S/C15H18N4OS/c21-15(18-5-7-20-8-6-18)9-13-1-3-14(4-2-13)10-19-12-16-11-17-19/h1-4,11-12H,5-10H2. The predicted octanol–water partition coefficient (Wildman–Crippen LogP) is 1.53. The number of benzene rings is 1. The van der Waals surface area contributed by atoms with Crippen LogP contribution in [0.5, 0.6) is 0 Å². The molecule has 0 spiro atoms. The van der Waals surface area contributed by atoms with Crippen molar-refractivity contribution in [1.29, 1.82) is 0 Å². The average Bonchev–Trinajstić information content (AvgIpc) is 3.03. The molecule has 5 nitrogen and oxygen atoms in total.